The SMILES string of the molecule is C=CC1=C(C(=O)OCc2ccc(OC)cc2)N2C(=O)C(N)[C@@H]2SC1.Cl. The number of esters is 1. The fraction of sp³-hybridized carbons (Fsp3) is 0.294. The highest BCUT2D eigenvalue weighted by Crippen LogP contribution is 2.40. The van der Waals surface area contributed by atoms with Gasteiger partial charge in [-0.3, -0.25) is 9.69 Å². The summed E-state index contributed by atoms with van der Waals surface area (Å²) in [4.78, 5) is 25.9. The number of halogens is 1. The zero-order valence-electron chi connectivity index (χ0n) is 13.6. The fourth-order valence-corrected chi connectivity index (χ4v) is 3.91. The van der Waals surface area contributed by atoms with Gasteiger partial charge in [0.25, 0.3) is 0 Å². The van der Waals surface area contributed by atoms with E-state index in [0.29, 0.717) is 11.3 Å². The summed E-state index contributed by atoms with van der Waals surface area (Å²) >= 11 is 1.53. The lowest BCUT2D eigenvalue weighted by Gasteiger charge is -2.48. The number of carbonyl (C=O) groups is 2. The number of fused-ring (bicyclic) bond motifs is 1. The van der Waals surface area contributed by atoms with Crippen LogP contribution in [0.4, 0.5) is 0 Å². The Morgan fingerprint density at radius 3 is 2.72 bits per heavy atom. The molecule has 0 aliphatic carbocycles. The molecule has 2 heterocycles. The molecule has 2 aliphatic heterocycles. The van der Waals surface area contributed by atoms with Crippen molar-refractivity contribution >= 4 is 36.0 Å². The summed E-state index contributed by atoms with van der Waals surface area (Å²) in [5.41, 5.74) is 7.57. The zero-order valence-corrected chi connectivity index (χ0v) is 15.3. The van der Waals surface area contributed by atoms with E-state index in [1.54, 1.807) is 25.3 Å². The van der Waals surface area contributed by atoms with Gasteiger partial charge in [0.05, 0.1) is 7.11 Å². The van der Waals surface area contributed by atoms with E-state index >= 15 is 0 Å². The Balaban J connectivity index is 0.00000225. The molecule has 1 saturated heterocycles. The first-order valence-corrected chi connectivity index (χ1v) is 8.47. The lowest BCUT2D eigenvalue weighted by molar-refractivity contribution is -0.151. The van der Waals surface area contributed by atoms with Crippen LogP contribution in [0.1, 0.15) is 5.56 Å². The predicted octanol–water partition coefficient (Wildman–Crippen LogP) is 1.84. The average Bonchev–Trinajstić information content (AvgIpc) is 2.64. The second kappa shape index (κ2) is 7.95. The van der Waals surface area contributed by atoms with Gasteiger partial charge in [0.1, 0.15) is 29.5 Å². The maximum absolute atomic E-state index is 12.5. The van der Waals surface area contributed by atoms with Crippen LogP contribution in [0.2, 0.25) is 0 Å². The number of amides is 1. The van der Waals surface area contributed by atoms with Gasteiger partial charge >= 0.3 is 5.97 Å². The van der Waals surface area contributed by atoms with Gasteiger partial charge in [0.2, 0.25) is 5.91 Å². The number of methoxy groups -OCH3 is 1. The van der Waals surface area contributed by atoms with Gasteiger partial charge in [-0.1, -0.05) is 24.8 Å². The third kappa shape index (κ3) is 3.53. The van der Waals surface area contributed by atoms with Crippen molar-refractivity contribution in [2.75, 3.05) is 12.9 Å². The Morgan fingerprint density at radius 1 is 1.44 bits per heavy atom. The van der Waals surface area contributed by atoms with Gasteiger partial charge in [-0.25, -0.2) is 4.79 Å². The Bertz CT molecular complexity index is 720. The van der Waals surface area contributed by atoms with Crippen LogP contribution in [-0.2, 0) is 20.9 Å². The molecule has 1 amide bonds. The molecule has 3 rings (SSSR count). The van der Waals surface area contributed by atoms with Crippen molar-refractivity contribution in [1.82, 2.24) is 4.90 Å². The fourth-order valence-electron chi connectivity index (χ4n) is 2.62. The van der Waals surface area contributed by atoms with Crippen LogP contribution in [0.25, 0.3) is 0 Å². The van der Waals surface area contributed by atoms with E-state index in [0.717, 1.165) is 11.3 Å². The minimum atomic E-state index is -0.564. The first-order chi connectivity index (χ1) is 11.6. The third-order valence-corrected chi connectivity index (χ3v) is 5.33. The Labute approximate surface area is 156 Å². The molecular weight excluding hydrogens is 364 g/mol. The summed E-state index contributed by atoms with van der Waals surface area (Å²) in [5.74, 6) is 0.516. The number of benzene rings is 1. The number of allylic oxidation sites excluding steroid dienone is 1. The molecule has 0 saturated carbocycles. The number of rotatable bonds is 5. The third-order valence-electron chi connectivity index (χ3n) is 4.01. The number of β-lactam (4-membered cyclic amide) rings is 1. The molecule has 0 spiro atoms. The molecule has 1 fully saturated rings. The Kier molecular flexibility index (Phi) is 6.16. The summed E-state index contributed by atoms with van der Waals surface area (Å²) in [6.45, 7) is 3.83. The van der Waals surface area contributed by atoms with Crippen molar-refractivity contribution in [2.45, 2.75) is 18.0 Å². The van der Waals surface area contributed by atoms with E-state index in [9.17, 15) is 9.59 Å². The van der Waals surface area contributed by atoms with Crippen LogP contribution >= 0.6 is 24.2 Å². The number of ether oxygens (including phenoxy) is 2. The highest BCUT2D eigenvalue weighted by molar-refractivity contribution is 8.00. The molecule has 0 aromatic heterocycles. The van der Waals surface area contributed by atoms with Crippen molar-refractivity contribution in [3.63, 3.8) is 0 Å². The molecule has 2 aliphatic rings. The molecule has 6 nitrogen and oxygen atoms in total. The highest BCUT2D eigenvalue weighted by atomic mass is 35.5. The minimum Gasteiger partial charge on any atom is -0.497 e. The van der Waals surface area contributed by atoms with Crippen molar-refractivity contribution in [1.29, 1.82) is 0 Å². The van der Waals surface area contributed by atoms with E-state index < -0.39 is 12.0 Å². The molecule has 1 aromatic rings. The maximum atomic E-state index is 12.5. The molecule has 8 heteroatoms. The number of nitrogens with zero attached hydrogens (tertiary/aromatic N) is 1. The average molecular weight is 383 g/mol. The smallest absolute Gasteiger partial charge is 0.355 e. The minimum absolute atomic E-state index is 0. The van der Waals surface area contributed by atoms with E-state index in [4.69, 9.17) is 15.2 Å². The second-order valence-electron chi connectivity index (χ2n) is 5.44. The lowest BCUT2D eigenvalue weighted by atomic mass is 10.0. The topological polar surface area (TPSA) is 81.9 Å². The highest BCUT2D eigenvalue weighted by Gasteiger charge is 2.51. The quantitative estimate of drug-likeness (QED) is 0.618. The van der Waals surface area contributed by atoms with Crippen LogP contribution in [0.5, 0.6) is 5.75 Å². The summed E-state index contributed by atoms with van der Waals surface area (Å²) in [7, 11) is 1.59. The van der Waals surface area contributed by atoms with Gasteiger partial charge in [0.15, 0.2) is 0 Å². The molecule has 0 bridgehead atoms. The molecule has 0 radical (unpaired) electrons. The van der Waals surface area contributed by atoms with Crippen LogP contribution < -0.4 is 10.5 Å². The van der Waals surface area contributed by atoms with Crippen molar-refractivity contribution < 1.29 is 19.1 Å². The predicted molar refractivity (Wildman–Crippen MR) is 98.3 cm³/mol. The van der Waals surface area contributed by atoms with Crippen LogP contribution in [0.3, 0.4) is 0 Å². The number of hydrogen-bond donors (Lipinski definition) is 1. The largest absolute Gasteiger partial charge is 0.497 e. The van der Waals surface area contributed by atoms with Gasteiger partial charge in [-0.05, 0) is 23.3 Å². The molecule has 1 aromatic carbocycles. The van der Waals surface area contributed by atoms with Crippen LogP contribution in [-0.4, -0.2) is 41.1 Å². The number of nitrogens with two attached hydrogens (primary N) is 1. The van der Waals surface area contributed by atoms with Gasteiger partial charge in [-0.15, -0.1) is 24.2 Å². The van der Waals surface area contributed by atoms with Gasteiger partial charge in [0, 0.05) is 5.75 Å². The standard InChI is InChI=1S/C17H18N2O4S.ClH/c1-3-11-9-24-16-13(18)15(20)19(16)14(11)17(21)23-8-10-4-6-12(22-2)7-5-10;/h3-7,13,16H,1,8-9,18H2,2H3;1H/t13?,16-;/m0./s1. The molecular formula is C17H19ClN2O4S. The van der Waals surface area contributed by atoms with Crippen molar-refractivity contribution in [3.8, 4) is 5.75 Å². The summed E-state index contributed by atoms with van der Waals surface area (Å²) in [6, 6.07) is 6.66. The van der Waals surface area contributed by atoms with Crippen LogP contribution in [0, 0.1) is 0 Å². The maximum Gasteiger partial charge on any atom is 0.355 e. The lowest BCUT2D eigenvalue weighted by Crippen LogP contribution is -2.68. The van der Waals surface area contributed by atoms with Gasteiger partial charge < -0.3 is 15.2 Å². The molecule has 25 heavy (non-hydrogen) atoms. The van der Waals surface area contributed by atoms with E-state index in [1.165, 1.54) is 16.7 Å². The first-order valence-electron chi connectivity index (χ1n) is 7.42. The normalized spacial score (nSPS) is 21.7. The van der Waals surface area contributed by atoms with E-state index in [-0.39, 0.29) is 36.0 Å². The van der Waals surface area contributed by atoms with Crippen molar-refractivity contribution in [3.05, 3.63) is 53.8 Å². The monoisotopic (exact) mass is 382 g/mol. The molecule has 134 valence electrons. The molecule has 2 atom stereocenters. The molecule has 1 unspecified atom stereocenters. The zero-order chi connectivity index (χ0) is 17.3. The van der Waals surface area contributed by atoms with Crippen LogP contribution in [0.15, 0.2) is 48.2 Å². The summed E-state index contributed by atoms with van der Waals surface area (Å²) in [6.07, 6.45) is 1.59. The van der Waals surface area contributed by atoms with Gasteiger partial charge in [-0.2, -0.15) is 0 Å². The second-order valence-corrected chi connectivity index (χ2v) is 6.54. The Hall–Kier alpha value is -1.96. The number of carbonyl (C=O) groups excluding carboxylic acids is 2. The molecule has 2 N–H and O–H groups in total. The summed E-state index contributed by atoms with van der Waals surface area (Å²) < 4.78 is 10.5. The number of hydrogen-bond acceptors (Lipinski definition) is 6. The first kappa shape index (κ1) is 19.4. The van der Waals surface area contributed by atoms with E-state index in [1.807, 2.05) is 12.1 Å². The van der Waals surface area contributed by atoms with Crippen molar-refractivity contribution in [2.24, 2.45) is 5.73 Å². The number of thioether (sulfide) groups is 1. The van der Waals surface area contributed by atoms with E-state index in [2.05, 4.69) is 6.58 Å². The Morgan fingerprint density at radius 2 is 2.12 bits per heavy atom. The summed E-state index contributed by atoms with van der Waals surface area (Å²) in [5, 5.41) is -0.204.